The Bertz CT molecular complexity index is 351. The Morgan fingerprint density at radius 2 is 2.12 bits per heavy atom. The summed E-state index contributed by atoms with van der Waals surface area (Å²) in [6.07, 6.45) is 5.19. The molecule has 0 aromatic heterocycles. The van der Waals surface area contributed by atoms with Gasteiger partial charge in [-0.25, -0.2) is 0 Å². The van der Waals surface area contributed by atoms with E-state index >= 15 is 0 Å². The van der Waals surface area contributed by atoms with Crippen LogP contribution in [0.15, 0.2) is 24.3 Å². The van der Waals surface area contributed by atoms with Crippen molar-refractivity contribution in [1.29, 1.82) is 0 Å². The zero-order valence-corrected chi connectivity index (χ0v) is 11.3. The molecule has 1 aromatic carbocycles. The maximum absolute atomic E-state index is 6.02. The van der Waals surface area contributed by atoms with Gasteiger partial charge in [0.15, 0.2) is 0 Å². The largest absolute Gasteiger partial charge is 0.316 e. The van der Waals surface area contributed by atoms with E-state index in [4.69, 9.17) is 11.6 Å². The number of rotatable bonds is 6. The van der Waals surface area contributed by atoms with E-state index in [1.54, 1.807) is 0 Å². The van der Waals surface area contributed by atoms with E-state index in [9.17, 15) is 0 Å². The summed E-state index contributed by atoms with van der Waals surface area (Å²) in [6.45, 7) is 4.57. The molecule has 1 fully saturated rings. The van der Waals surface area contributed by atoms with Gasteiger partial charge in [0, 0.05) is 5.02 Å². The molecule has 1 aromatic rings. The Morgan fingerprint density at radius 3 is 2.76 bits per heavy atom. The van der Waals surface area contributed by atoms with Crippen LogP contribution in [-0.4, -0.2) is 13.1 Å². The van der Waals surface area contributed by atoms with E-state index in [1.165, 1.54) is 37.8 Å². The monoisotopic (exact) mass is 251 g/mol. The molecule has 0 amide bonds. The van der Waals surface area contributed by atoms with Crippen molar-refractivity contribution in [3.05, 3.63) is 34.9 Å². The number of halogens is 1. The molecule has 1 aliphatic carbocycles. The third-order valence-corrected chi connectivity index (χ3v) is 4.03. The molecule has 0 spiro atoms. The van der Waals surface area contributed by atoms with Crippen molar-refractivity contribution in [3.63, 3.8) is 0 Å². The van der Waals surface area contributed by atoms with Crippen LogP contribution in [0.3, 0.4) is 0 Å². The molecule has 2 heteroatoms. The van der Waals surface area contributed by atoms with Crippen LogP contribution in [0.5, 0.6) is 0 Å². The van der Waals surface area contributed by atoms with Crippen LogP contribution in [0, 0.1) is 11.8 Å². The molecule has 0 bridgehead atoms. The minimum Gasteiger partial charge on any atom is -0.316 e. The summed E-state index contributed by atoms with van der Waals surface area (Å²) in [4.78, 5) is 0. The molecule has 1 nitrogen and oxygen atoms in total. The second-order valence-electron chi connectivity index (χ2n) is 5.14. The van der Waals surface area contributed by atoms with Crippen LogP contribution in [0.4, 0.5) is 0 Å². The maximum atomic E-state index is 6.02. The molecule has 2 rings (SSSR count). The maximum Gasteiger partial charge on any atom is 0.0408 e. The van der Waals surface area contributed by atoms with Crippen molar-refractivity contribution in [2.45, 2.75) is 32.6 Å². The van der Waals surface area contributed by atoms with Gasteiger partial charge in [-0.15, -0.1) is 0 Å². The Labute approximate surface area is 110 Å². The predicted molar refractivity (Wildman–Crippen MR) is 74.5 cm³/mol. The molecule has 2 unspecified atom stereocenters. The van der Waals surface area contributed by atoms with E-state index in [0.717, 1.165) is 23.4 Å². The molecule has 94 valence electrons. The molecule has 0 radical (unpaired) electrons. The summed E-state index contributed by atoms with van der Waals surface area (Å²) in [7, 11) is 0. The first-order valence-corrected chi connectivity index (χ1v) is 7.12. The van der Waals surface area contributed by atoms with Gasteiger partial charge in [0.2, 0.25) is 0 Å². The molecule has 2 atom stereocenters. The summed E-state index contributed by atoms with van der Waals surface area (Å²) in [5.41, 5.74) is 1.39. The van der Waals surface area contributed by atoms with E-state index in [0.29, 0.717) is 0 Å². The summed E-state index contributed by atoms with van der Waals surface area (Å²) in [6, 6.07) is 8.31. The molecular weight excluding hydrogens is 230 g/mol. The van der Waals surface area contributed by atoms with Crippen molar-refractivity contribution in [2.24, 2.45) is 11.8 Å². The van der Waals surface area contributed by atoms with E-state index in [-0.39, 0.29) is 0 Å². The number of hydrogen-bond donors (Lipinski definition) is 1. The second kappa shape index (κ2) is 6.42. The fraction of sp³-hybridized carbons (Fsp3) is 0.600. The fourth-order valence-electron chi connectivity index (χ4n) is 2.61. The highest BCUT2D eigenvalue weighted by molar-refractivity contribution is 6.30. The van der Waals surface area contributed by atoms with E-state index in [2.05, 4.69) is 30.4 Å². The van der Waals surface area contributed by atoms with Gasteiger partial charge in [-0.3, -0.25) is 0 Å². The van der Waals surface area contributed by atoms with Crippen molar-refractivity contribution >= 4 is 11.6 Å². The lowest BCUT2D eigenvalue weighted by Crippen LogP contribution is -2.36. The highest BCUT2D eigenvalue weighted by Crippen LogP contribution is 2.36. The van der Waals surface area contributed by atoms with Gasteiger partial charge in [-0.2, -0.15) is 0 Å². The van der Waals surface area contributed by atoms with Crippen molar-refractivity contribution in [1.82, 2.24) is 5.32 Å². The summed E-state index contributed by atoms with van der Waals surface area (Å²) >= 11 is 6.02. The van der Waals surface area contributed by atoms with Crippen molar-refractivity contribution < 1.29 is 0 Å². The van der Waals surface area contributed by atoms with Crippen LogP contribution < -0.4 is 5.32 Å². The molecule has 0 saturated heterocycles. The van der Waals surface area contributed by atoms with Gasteiger partial charge in [0.25, 0.3) is 0 Å². The topological polar surface area (TPSA) is 12.0 Å². The molecule has 1 aliphatic rings. The minimum atomic E-state index is 0.859. The smallest absolute Gasteiger partial charge is 0.0408 e. The third-order valence-electron chi connectivity index (χ3n) is 3.80. The van der Waals surface area contributed by atoms with Crippen LogP contribution in [-0.2, 0) is 6.42 Å². The Balaban J connectivity index is 1.79. The van der Waals surface area contributed by atoms with E-state index < -0.39 is 0 Å². The third kappa shape index (κ3) is 3.72. The van der Waals surface area contributed by atoms with Crippen molar-refractivity contribution in [3.8, 4) is 0 Å². The number of hydrogen-bond acceptors (Lipinski definition) is 1. The van der Waals surface area contributed by atoms with Crippen LogP contribution in [0.25, 0.3) is 0 Å². The molecule has 1 N–H and O–H groups in total. The molecule has 0 aliphatic heterocycles. The number of nitrogens with one attached hydrogen (secondary N) is 1. The van der Waals surface area contributed by atoms with E-state index in [1.807, 2.05) is 6.07 Å². The van der Waals surface area contributed by atoms with Gasteiger partial charge in [-0.1, -0.05) is 30.7 Å². The average molecular weight is 252 g/mol. The molecule has 1 saturated carbocycles. The quantitative estimate of drug-likeness (QED) is 0.756. The average Bonchev–Trinajstić information content (AvgIpc) is 2.30. The SMILES string of the molecule is CCCNCC1CCC1Cc1cccc(Cl)c1. The van der Waals surface area contributed by atoms with Crippen LogP contribution in [0.1, 0.15) is 31.7 Å². The second-order valence-corrected chi connectivity index (χ2v) is 5.57. The lowest BCUT2D eigenvalue weighted by molar-refractivity contribution is 0.171. The van der Waals surface area contributed by atoms with Gasteiger partial charge in [0.1, 0.15) is 0 Å². The van der Waals surface area contributed by atoms with Gasteiger partial charge >= 0.3 is 0 Å². The first kappa shape index (κ1) is 12.9. The van der Waals surface area contributed by atoms with Gasteiger partial charge in [-0.05, 0) is 68.3 Å². The highest BCUT2D eigenvalue weighted by atomic mass is 35.5. The summed E-state index contributed by atoms with van der Waals surface area (Å²) in [5, 5.41) is 4.40. The summed E-state index contributed by atoms with van der Waals surface area (Å²) < 4.78 is 0. The molecular formula is C15H22ClN. The zero-order chi connectivity index (χ0) is 12.1. The Kier molecular flexibility index (Phi) is 4.87. The molecule has 17 heavy (non-hydrogen) atoms. The highest BCUT2D eigenvalue weighted by Gasteiger charge is 2.30. The van der Waals surface area contributed by atoms with Crippen LogP contribution >= 0.6 is 11.6 Å². The lowest BCUT2D eigenvalue weighted by atomic mass is 9.70. The predicted octanol–water partition coefficient (Wildman–Crippen LogP) is 3.91. The first-order chi connectivity index (χ1) is 8.29. The summed E-state index contributed by atoms with van der Waals surface area (Å²) in [5.74, 6) is 1.73. The van der Waals surface area contributed by atoms with Crippen molar-refractivity contribution in [2.75, 3.05) is 13.1 Å². The fourth-order valence-corrected chi connectivity index (χ4v) is 2.82. The van der Waals surface area contributed by atoms with Crippen LogP contribution in [0.2, 0.25) is 5.02 Å². The Hall–Kier alpha value is -0.530. The Morgan fingerprint density at radius 1 is 1.29 bits per heavy atom. The first-order valence-electron chi connectivity index (χ1n) is 6.74. The zero-order valence-electron chi connectivity index (χ0n) is 10.6. The molecule has 0 heterocycles. The van der Waals surface area contributed by atoms with Gasteiger partial charge < -0.3 is 5.32 Å². The van der Waals surface area contributed by atoms with Gasteiger partial charge in [0.05, 0.1) is 0 Å². The number of benzene rings is 1. The standard InChI is InChI=1S/C15H22ClN/c1-2-8-17-11-14-7-6-13(14)9-12-4-3-5-15(16)10-12/h3-5,10,13-14,17H,2,6-9,11H2,1H3. The lowest BCUT2D eigenvalue weighted by Gasteiger charge is -2.37. The normalized spacial score (nSPS) is 23.4. The minimum absolute atomic E-state index is 0.859.